The average Bonchev–Trinajstić information content (AvgIpc) is 2.69. The Kier molecular flexibility index (Phi) is 8.21. The maximum atomic E-state index is 14.4. The maximum absolute atomic E-state index is 14.4. The molecule has 0 atom stereocenters. The lowest BCUT2D eigenvalue weighted by Crippen LogP contribution is -2.41. The van der Waals surface area contributed by atoms with E-state index in [1.807, 2.05) is 57.3 Å². The molecule has 0 bridgehead atoms. The molecule has 2 rings (SSSR count). The van der Waals surface area contributed by atoms with Crippen molar-refractivity contribution in [3.63, 3.8) is 0 Å². The van der Waals surface area contributed by atoms with Crippen molar-refractivity contribution in [1.29, 1.82) is 0 Å². The van der Waals surface area contributed by atoms with E-state index in [-0.39, 0.29) is 5.82 Å². The Morgan fingerprint density at radius 1 is 1.24 bits per heavy atom. The van der Waals surface area contributed by atoms with Crippen LogP contribution >= 0.6 is 11.6 Å². The average molecular weight is 418 g/mol. The molecule has 1 aliphatic heterocycles. The summed E-state index contributed by atoms with van der Waals surface area (Å²) < 4.78 is 14.4. The van der Waals surface area contributed by atoms with Crippen molar-refractivity contribution in [3.05, 3.63) is 87.9 Å². The van der Waals surface area contributed by atoms with Gasteiger partial charge in [-0.1, -0.05) is 30.7 Å². The van der Waals surface area contributed by atoms with Crippen LogP contribution in [0.25, 0.3) is 5.70 Å². The minimum atomic E-state index is -0.352. The summed E-state index contributed by atoms with van der Waals surface area (Å²) in [6.45, 7) is 4.05. The Bertz CT molecular complexity index is 881. The fourth-order valence-electron chi connectivity index (χ4n) is 2.82. The number of benzene rings is 1. The van der Waals surface area contributed by atoms with Crippen LogP contribution in [0, 0.1) is 5.82 Å². The Morgan fingerprint density at radius 3 is 2.62 bits per heavy atom. The number of nitrogens with zero attached hydrogens (tertiary/aromatic N) is 1. The van der Waals surface area contributed by atoms with Gasteiger partial charge in [0.15, 0.2) is 0 Å². The second kappa shape index (κ2) is 10.6. The van der Waals surface area contributed by atoms with Gasteiger partial charge < -0.3 is 15.5 Å². The first-order valence-electron chi connectivity index (χ1n) is 9.49. The van der Waals surface area contributed by atoms with Crippen molar-refractivity contribution < 1.29 is 4.39 Å². The van der Waals surface area contributed by atoms with Gasteiger partial charge in [-0.25, -0.2) is 4.39 Å². The van der Waals surface area contributed by atoms with E-state index in [1.165, 1.54) is 12.1 Å². The van der Waals surface area contributed by atoms with Crippen LogP contribution in [0.2, 0.25) is 5.02 Å². The number of rotatable bonds is 8. The molecule has 7 heteroatoms. The largest absolute Gasteiger partial charge is 0.388 e. The highest BCUT2D eigenvalue weighted by molar-refractivity contribution is 6.30. The van der Waals surface area contributed by atoms with Crippen LogP contribution in [0.5, 0.6) is 0 Å². The number of nitrogens with one attached hydrogen (secondary N) is 4. The van der Waals surface area contributed by atoms with Gasteiger partial charge in [0.25, 0.3) is 0 Å². The molecule has 0 saturated carbocycles. The number of halogens is 2. The van der Waals surface area contributed by atoms with Crippen molar-refractivity contribution in [2.24, 2.45) is 0 Å². The molecule has 0 aromatic heterocycles. The number of hydrazine groups is 1. The standard InChI is InChI=1S/C22H29ClFN5/c1-6-8-16(25-3)13-17(9-7-2)26-21-14-20(27-28-22(21)29(4)5)18-12-15(23)10-11-19(18)24/h7-14,25-28H,6H2,1-5H3/b9-7-,16-8-,17-13+. The van der Waals surface area contributed by atoms with Crippen LogP contribution in [0.3, 0.4) is 0 Å². The molecule has 0 radical (unpaired) electrons. The highest BCUT2D eigenvalue weighted by Gasteiger charge is 2.18. The van der Waals surface area contributed by atoms with Gasteiger partial charge in [-0.05, 0) is 49.8 Å². The van der Waals surface area contributed by atoms with E-state index >= 15 is 0 Å². The Labute approximate surface area is 177 Å². The summed E-state index contributed by atoms with van der Waals surface area (Å²) in [6.07, 6.45) is 10.9. The van der Waals surface area contributed by atoms with Crippen molar-refractivity contribution in [2.75, 3.05) is 21.1 Å². The van der Waals surface area contributed by atoms with Gasteiger partial charge in [-0.15, -0.1) is 0 Å². The number of likely N-dealkylation sites (N-methyl/N-ethyl adjacent to an activating group) is 1. The highest BCUT2D eigenvalue weighted by Crippen LogP contribution is 2.24. The van der Waals surface area contributed by atoms with Gasteiger partial charge in [0, 0.05) is 43.1 Å². The number of hydrogen-bond acceptors (Lipinski definition) is 5. The number of allylic oxidation sites excluding steroid dienone is 5. The van der Waals surface area contributed by atoms with E-state index in [4.69, 9.17) is 11.6 Å². The third kappa shape index (κ3) is 6.06. The lowest BCUT2D eigenvalue weighted by molar-refractivity contribution is 0.433. The van der Waals surface area contributed by atoms with Gasteiger partial charge in [0.05, 0.1) is 11.4 Å². The first kappa shape index (κ1) is 22.4. The monoisotopic (exact) mass is 417 g/mol. The van der Waals surface area contributed by atoms with Gasteiger partial charge in [-0.3, -0.25) is 10.9 Å². The Hall–Kier alpha value is -2.86. The fraction of sp³-hybridized carbons (Fsp3) is 0.273. The zero-order valence-corrected chi connectivity index (χ0v) is 18.3. The summed E-state index contributed by atoms with van der Waals surface area (Å²) >= 11 is 6.07. The molecule has 29 heavy (non-hydrogen) atoms. The smallest absolute Gasteiger partial charge is 0.144 e. The first-order valence-corrected chi connectivity index (χ1v) is 9.87. The second-order valence-corrected chi connectivity index (χ2v) is 7.07. The van der Waals surface area contributed by atoms with Crippen LogP contribution in [-0.4, -0.2) is 26.0 Å². The second-order valence-electron chi connectivity index (χ2n) is 6.63. The third-order valence-electron chi connectivity index (χ3n) is 4.17. The molecule has 156 valence electrons. The molecule has 0 spiro atoms. The maximum Gasteiger partial charge on any atom is 0.144 e. The minimum Gasteiger partial charge on any atom is -0.388 e. The number of hydrogen-bond donors (Lipinski definition) is 4. The zero-order chi connectivity index (χ0) is 21.4. The molecular formula is C22H29ClFN5. The Morgan fingerprint density at radius 2 is 2.00 bits per heavy atom. The molecule has 1 aromatic carbocycles. The molecule has 5 nitrogen and oxygen atoms in total. The van der Waals surface area contributed by atoms with Crippen LogP contribution in [0.15, 0.2) is 71.5 Å². The molecule has 1 heterocycles. The van der Waals surface area contributed by atoms with Crippen molar-refractivity contribution in [3.8, 4) is 0 Å². The van der Waals surface area contributed by atoms with Crippen LogP contribution < -0.4 is 21.5 Å². The molecule has 0 saturated heterocycles. The Balaban J connectivity index is 2.49. The summed E-state index contributed by atoms with van der Waals surface area (Å²) in [6, 6.07) is 4.49. The quantitative estimate of drug-likeness (QED) is 0.477. The summed E-state index contributed by atoms with van der Waals surface area (Å²) in [4.78, 5) is 1.94. The van der Waals surface area contributed by atoms with Crippen molar-refractivity contribution in [1.82, 2.24) is 26.4 Å². The predicted octanol–water partition coefficient (Wildman–Crippen LogP) is 4.22. The van der Waals surface area contributed by atoms with Crippen LogP contribution in [0.1, 0.15) is 25.8 Å². The lowest BCUT2D eigenvalue weighted by Gasteiger charge is -2.29. The summed E-state index contributed by atoms with van der Waals surface area (Å²) in [5.74, 6) is 0.465. The van der Waals surface area contributed by atoms with Gasteiger partial charge in [0.2, 0.25) is 0 Å². The molecule has 4 N–H and O–H groups in total. The molecule has 0 amide bonds. The summed E-state index contributed by atoms with van der Waals surface area (Å²) in [5, 5.41) is 7.10. The van der Waals surface area contributed by atoms with Gasteiger partial charge in [0.1, 0.15) is 11.6 Å². The topological polar surface area (TPSA) is 51.4 Å². The summed E-state index contributed by atoms with van der Waals surface area (Å²) in [7, 11) is 5.75. The third-order valence-corrected chi connectivity index (χ3v) is 4.41. The minimum absolute atomic E-state index is 0.352. The van der Waals surface area contributed by atoms with E-state index in [1.54, 1.807) is 6.07 Å². The normalized spacial score (nSPS) is 15.1. The van der Waals surface area contributed by atoms with E-state index in [0.717, 1.165) is 29.3 Å². The summed E-state index contributed by atoms with van der Waals surface area (Å²) in [5.41, 5.74) is 9.85. The zero-order valence-electron chi connectivity index (χ0n) is 17.5. The van der Waals surface area contributed by atoms with E-state index in [2.05, 4.69) is 34.5 Å². The van der Waals surface area contributed by atoms with E-state index in [0.29, 0.717) is 16.3 Å². The lowest BCUT2D eigenvalue weighted by atomic mass is 10.1. The molecule has 0 fully saturated rings. The fourth-order valence-corrected chi connectivity index (χ4v) is 2.99. The van der Waals surface area contributed by atoms with Crippen LogP contribution in [0.4, 0.5) is 4.39 Å². The van der Waals surface area contributed by atoms with E-state index < -0.39 is 0 Å². The molecule has 0 aliphatic carbocycles. The van der Waals surface area contributed by atoms with Gasteiger partial charge in [-0.2, -0.15) is 0 Å². The molecule has 1 aromatic rings. The first-order chi connectivity index (χ1) is 13.9. The molecule has 0 unspecified atom stereocenters. The van der Waals surface area contributed by atoms with Crippen LogP contribution in [-0.2, 0) is 0 Å². The van der Waals surface area contributed by atoms with E-state index in [9.17, 15) is 4.39 Å². The predicted molar refractivity (Wildman–Crippen MR) is 120 cm³/mol. The van der Waals surface area contributed by atoms with Gasteiger partial charge >= 0.3 is 0 Å². The highest BCUT2D eigenvalue weighted by atomic mass is 35.5. The molecule has 1 aliphatic rings. The SMILES string of the molecule is C\C=C/C(=C\C(=C\CC)NC)NC1=C(N(C)C)NNC(c2cc(Cl)ccc2F)=C1. The van der Waals surface area contributed by atoms with Crippen molar-refractivity contribution >= 4 is 17.3 Å². The van der Waals surface area contributed by atoms with Crippen molar-refractivity contribution in [2.45, 2.75) is 20.3 Å². The molecular weight excluding hydrogens is 389 g/mol.